The molecule has 2 saturated carbocycles. The number of aliphatic hydroxyl groups is 1. The Kier molecular flexibility index (Phi) is 2.74. The van der Waals surface area contributed by atoms with Gasteiger partial charge in [-0.25, -0.2) is 0 Å². The highest BCUT2D eigenvalue weighted by atomic mass is 16.3. The molecule has 0 aliphatic heterocycles. The highest BCUT2D eigenvalue weighted by molar-refractivity contribution is 5.05. The molecule has 4 unspecified atom stereocenters. The fourth-order valence-electron chi connectivity index (χ4n) is 2.76. The summed E-state index contributed by atoms with van der Waals surface area (Å²) in [6.07, 6.45) is 3.95. The van der Waals surface area contributed by atoms with Crippen LogP contribution in [0.2, 0.25) is 0 Å². The van der Waals surface area contributed by atoms with Crippen molar-refractivity contribution in [2.45, 2.75) is 57.7 Å². The van der Waals surface area contributed by atoms with E-state index < -0.39 is 0 Å². The Labute approximate surface area is 91.5 Å². The van der Waals surface area contributed by atoms with E-state index >= 15 is 0 Å². The molecular formula is C12H20N2O. The van der Waals surface area contributed by atoms with Crippen LogP contribution in [0.4, 0.5) is 0 Å². The molecule has 0 aromatic heterocycles. The third-order valence-electron chi connectivity index (χ3n) is 4.31. The zero-order chi connectivity index (χ0) is 11.1. The highest BCUT2D eigenvalue weighted by Gasteiger charge is 2.48. The van der Waals surface area contributed by atoms with Crippen LogP contribution < -0.4 is 5.32 Å². The Bertz CT molecular complexity index is 282. The van der Waals surface area contributed by atoms with Crippen LogP contribution in [-0.2, 0) is 0 Å². The van der Waals surface area contributed by atoms with E-state index in [2.05, 4.69) is 25.2 Å². The standard InChI is InChI=1S/C12H20N2O/c1-12(2)10(6-11(12)15)14-9-5-3-4-8(9)7-13/h8-11,14-15H,3-6H2,1-2H3. The maximum Gasteiger partial charge on any atom is 0.0672 e. The summed E-state index contributed by atoms with van der Waals surface area (Å²) in [7, 11) is 0. The molecule has 15 heavy (non-hydrogen) atoms. The zero-order valence-electron chi connectivity index (χ0n) is 9.53. The molecule has 0 aromatic rings. The van der Waals surface area contributed by atoms with Crippen LogP contribution in [0, 0.1) is 22.7 Å². The lowest BCUT2D eigenvalue weighted by molar-refractivity contribution is -0.0764. The van der Waals surface area contributed by atoms with Gasteiger partial charge in [0.2, 0.25) is 0 Å². The SMILES string of the molecule is CC1(C)C(O)CC1NC1CCCC1C#N. The van der Waals surface area contributed by atoms with Gasteiger partial charge in [-0.1, -0.05) is 20.3 Å². The minimum Gasteiger partial charge on any atom is -0.392 e. The molecule has 0 saturated heterocycles. The second-order valence-electron chi connectivity index (χ2n) is 5.57. The molecule has 2 aliphatic carbocycles. The van der Waals surface area contributed by atoms with Crippen LogP contribution in [-0.4, -0.2) is 23.3 Å². The molecule has 0 aromatic carbocycles. The summed E-state index contributed by atoms with van der Waals surface area (Å²) in [6, 6.07) is 3.12. The lowest BCUT2D eigenvalue weighted by Crippen LogP contribution is -2.62. The molecule has 0 spiro atoms. The minimum absolute atomic E-state index is 0.0252. The fourth-order valence-corrected chi connectivity index (χ4v) is 2.76. The number of hydrogen-bond donors (Lipinski definition) is 2. The fraction of sp³-hybridized carbons (Fsp3) is 0.917. The van der Waals surface area contributed by atoms with Crippen molar-refractivity contribution >= 4 is 0 Å². The monoisotopic (exact) mass is 208 g/mol. The summed E-state index contributed by atoms with van der Waals surface area (Å²) in [5, 5.41) is 22.2. The summed E-state index contributed by atoms with van der Waals surface area (Å²) in [5.41, 5.74) is -0.0252. The number of aliphatic hydroxyl groups excluding tert-OH is 1. The van der Waals surface area contributed by atoms with Crippen molar-refractivity contribution in [1.82, 2.24) is 5.32 Å². The zero-order valence-corrected chi connectivity index (χ0v) is 9.53. The number of hydrogen-bond acceptors (Lipinski definition) is 3. The third-order valence-corrected chi connectivity index (χ3v) is 4.31. The number of nitriles is 1. The molecule has 2 fully saturated rings. The predicted molar refractivity (Wildman–Crippen MR) is 58.1 cm³/mol. The first-order valence-corrected chi connectivity index (χ1v) is 5.89. The molecule has 3 nitrogen and oxygen atoms in total. The van der Waals surface area contributed by atoms with E-state index in [-0.39, 0.29) is 17.4 Å². The molecular weight excluding hydrogens is 188 g/mol. The first-order chi connectivity index (χ1) is 7.05. The van der Waals surface area contributed by atoms with Gasteiger partial charge in [-0.15, -0.1) is 0 Å². The summed E-state index contributed by atoms with van der Waals surface area (Å²) in [4.78, 5) is 0. The topological polar surface area (TPSA) is 56.0 Å². The van der Waals surface area contributed by atoms with E-state index in [0.717, 1.165) is 25.7 Å². The van der Waals surface area contributed by atoms with E-state index in [0.29, 0.717) is 12.1 Å². The number of nitrogens with zero attached hydrogens (tertiary/aromatic N) is 1. The molecule has 0 heterocycles. The van der Waals surface area contributed by atoms with Gasteiger partial charge in [-0.05, 0) is 19.3 Å². The molecule has 84 valence electrons. The van der Waals surface area contributed by atoms with Crippen molar-refractivity contribution in [3.05, 3.63) is 0 Å². The van der Waals surface area contributed by atoms with Crippen molar-refractivity contribution in [2.75, 3.05) is 0 Å². The van der Waals surface area contributed by atoms with Crippen molar-refractivity contribution in [2.24, 2.45) is 11.3 Å². The highest BCUT2D eigenvalue weighted by Crippen LogP contribution is 2.41. The minimum atomic E-state index is -0.183. The van der Waals surface area contributed by atoms with Gasteiger partial charge in [0.05, 0.1) is 18.1 Å². The summed E-state index contributed by atoms with van der Waals surface area (Å²) in [6.45, 7) is 4.18. The Hall–Kier alpha value is -0.590. The van der Waals surface area contributed by atoms with E-state index in [4.69, 9.17) is 5.26 Å². The summed E-state index contributed by atoms with van der Waals surface area (Å²) < 4.78 is 0. The Morgan fingerprint density at radius 1 is 1.40 bits per heavy atom. The lowest BCUT2D eigenvalue weighted by Gasteiger charge is -2.51. The third kappa shape index (κ3) is 1.77. The Balaban J connectivity index is 1.91. The van der Waals surface area contributed by atoms with Crippen LogP contribution in [0.25, 0.3) is 0 Å². The molecule has 4 atom stereocenters. The Morgan fingerprint density at radius 3 is 2.67 bits per heavy atom. The van der Waals surface area contributed by atoms with Gasteiger partial charge in [-0.2, -0.15) is 5.26 Å². The van der Waals surface area contributed by atoms with Crippen molar-refractivity contribution < 1.29 is 5.11 Å². The van der Waals surface area contributed by atoms with Gasteiger partial charge in [0.1, 0.15) is 0 Å². The second-order valence-corrected chi connectivity index (χ2v) is 5.57. The van der Waals surface area contributed by atoms with E-state index in [1.165, 1.54) is 0 Å². The molecule has 0 bridgehead atoms. The first kappa shape index (κ1) is 10.9. The largest absolute Gasteiger partial charge is 0.392 e. The van der Waals surface area contributed by atoms with Crippen LogP contribution in [0.15, 0.2) is 0 Å². The van der Waals surface area contributed by atoms with Crippen molar-refractivity contribution in [3.8, 4) is 6.07 Å². The molecule has 0 radical (unpaired) electrons. The van der Waals surface area contributed by atoms with Gasteiger partial charge in [0, 0.05) is 17.5 Å². The molecule has 2 aliphatic rings. The smallest absolute Gasteiger partial charge is 0.0672 e. The summed E-state index contributed by atoms with van der Waals surface area (Å²) in [5.74, 6) is 0.179. The van der Waals surface area contributed by atoms with Gasteiger partial charge < -0.3 is 10.4 Å². The molecule has 2 rings (SSSR count). The van der Waals surface area contributed by atoms with Crippen LogP contribution in [0.1, 0.15) is 39.5 Å². The maximum atomic E-state index is 9.64. The quantitative estimate of drug-likeness (QED) is 0.721. The van der Waals surface area contributed by atoms with Gasteiger partial charge in [0.25, 0.3) is 0 Å². The van der Waals surface area contributed by atoms with Crippen molar-refractivity contribution in [1.29, 1.82) is 5.26 Å². The normalized spacial score (nSPS) is 43.3. The van der Waals surface area contributed by atoms with Gasteiger partial charge in [0.15, 0.2) is 0 Å². The summed E-state index contributed by atoms with van der Waals surface area (Å²) >= 11 is 0. The van der Waals surface area contributed by atoms with Crippen LogP contribution in [0.3, 0.4) is 0 Å². The number of nitrogens with one attached hydrogen (secondary N) is 1. The molecule has 2 N–H and O–H groups in total. The lowest BCUT2D eigenvalue weighted by atomic mass is 9.64. The molecule has 3 heteroatoms. The van der Waals surface area contributed by atoms with E-state index in [9.17, 15) is 5.11 Å². The van der Waals surface area contributed by atoms with Crippen LogP contribution >= 0.6 is 0 Å². The van der Waals surface area contributed by atoms with E-state index in [1.54, 1.807) is 0 Å². The number of rotatable bonds is 2. The second kappa shape index (κ2) is 3.77. The maximum absolute atomic E-state index is 9.64. The van der Waals surface area contributed by atoms with E-state index in [1.807, 2.05) is 0 Å². The van der Waals surface area contributed by atoms with Gasteiger partial charge in [-0.3, -0.25) is 0 Å². The predicted octanol–water partition coefficient (Wildman–Crippen LogP) is 1.43. The van der Waals surface area contributed by atoms with Crippen molar-refractivity contribution in [3.63, 3.8) is 0 Å². The average Bonchev–Trinajstić information content (AvgIpc) is 2.65. The molecule has 0 amide bonds. The Morgan fingerprint density at radius 2 is 2.13 bits per heavy atom. The first-order valence-electron chi connectivity index (χ1n) is 5.89. The van der Waals surface area contributed by atoms with Crippen LogP contribution in [0.5, 0.6) is 0 Å². The van der Waals surface area contributed by atoms with Gasteiger partial charge >= 0.3 is 0 Å². The average molecular weight is 208 g/mol.